The van der Waals surface area contributed by atoms with Crippen molar-refractivity contribution in [3.8, 4) is 67.5 Å². The average Bonchev–Trinajstić information content (AvgIpc) is 3.12. The third-order valence-electron chi connectivity index (χ3n) is 9.70. The van der Waals surface area contributed by atoms with Gasteiger partial charge in [-0.2, -0.15) is 0 Å². The van der Waals surface area contributed by atoms with Crippen LogP contribution in [0.2, 0.25) is 0 Å². The summed E-state index contributed by atoms with van der Waals surface area (Å²) < 4.78 is 14.0. The molecule has 2 aliphatic rings. The number of hydrogen-bond donors (Lipinski definition) is 0. The Kier molecular flexibility index (Phi) is 6.40. The third kappa shape index (κ3) is 4.50. The second-order valence-corrected chi connectivity index (χ2v) is 12.5. The van der Waals surface area contributed by atoms with Crippen molar-refractivity contribution in [2.45, 2.75) is 13.8 Å². The van der Waals surface area contributed by atoms with Crippen molar-refractivity contribution >= 4 is 23.1 Å². The summed E-state index contributed by atoms with van der Waals surface area (Å²) in [5.74, 6) is 3.49. The molecule has 2 heterocycles. The first-order valence-electron chi connectivity index (χ1n) is 16.2. The molecule has 0 aromatic heterocycles. The van der Waals surface area contributed by atoms with Crippen molar-refractivity contribution in [2.24, 2.45) is 0 Å². The molecule has 0 aliphatic carbocycles. The molecular weight excluding hydrogens is 571 g/mol. The number of benzene rings is 7. The highest BCUT2D eigenvalue weighted by Gasteiger charge is 2.43. The summed E-state index contributed by atoms with van der Waals surface area (Å²) in [7, 11) is 0. The molecule has 0 amide bonds. The molecule has 0 N–H and O–H groups in total. The highest BCUT2D eigenvalue weighted by molar-refractivity contribution is 6.98. The van der Waals surface area contributed by atoms with Gasteiger partial charge in [-0.1, -0.05) is 133 Å². The minimum absolute atomic E-state index is 0.0911. The number of fused-ring (bicyclic) bond motifs is 4. The van der Waals surface area contributed by atoms with E-state index in [2.05, 4.69) is 166 Å². The monoisotopic (exact) mass is 602 g/mol. The molecule has 9 rings (SSSR count). The second kappa shape index (κ2) is 10.9. The van der Waals surface area contributed by atoms with Crippen LogP contribution in [0.15, 0.2) is 152 Å². The standard InChI is InChI=1S/C44H31BO2/c1-28-13-9-11-19-34(28)33-22-24-41-39(26-33)45-38-25-32(30-15-5-3-6-16-30)21-23-40(38)47-44-37(35-20-12-10-14-29(35)2)27-36(43(46-41)42(44)45)31-17-7-4-8-18-31/h3-27H,1-2H3. The summed E-state index contributed by atoms with van der Waals surface area (Å²) in [5, 5.41) is 0. The molecule has 0 saturated carbocycles. The van der Waals surface area contributed by atoms with Crippen molar-refractivity contribution in [3.63, 3.8) is 0 Å². The molecule has 2 aliphatic heterocycles. The summed E-state index contributed by atoms with van der Waals surface area (Å²) in [4.78, 5) is 0. The SMILES string of the molecule is Cc1ccccc1-c1ccc2c(c1)B1c3cc(-c4ccccc4)ccc3Oc3c(-c4ccccc4C)cc(-c4ccccc4)c(c31)O2. The van der Waals surface area contributed by atoms with Gasteiger partial charge in [0.2, 0.25) is 0 Å². The van der Waals surface area contributed by atoms with E-state index < -0.39 is 0 Å². The smallest absolute Gasteiger partial charge is 0.260 e. The fourth-order valence-corrected chi connectivity index (χ4v) is 7.37. The van der Waals surface area contributed by atoms with Crippen molar-refractivity contribution in [1.82, 2.24) is 0 Å². The number of rotatable bonds is 4. The van der Waals surface area contributed by atoms with Gasteiger partial charge in [-0.15, -0.1) is 0 Å². The van der Waals surface area contributed by atoms with E-state index in [0.29, 0.717) is 0 Å². The third-order valence-corrected chi connectivity index (χ3v) is 9.70. The zero-order valence-corrected chi connectivity index (χ0v) is 26.3. The Hall–Kier alpha value is -5.80. The highest BCUT2D eigenvalue weighted by Crippen LogP contribution is 2.47. The van der Waals surface area contributed by atoms with E-state index >= 15 is 0 Å². The van der Waals surface area contributed by atoms with Gasteiger partial charge in [0.1, 0.15) is 23.0 Å². The van der Waals surface area contributed by atoms with Crippen LogP contribution < -0.4 is 25.9 Å². The molecule has 0 saturated heterocycles. The lowest BCUT2D eigenvalue weighted by Crippen LogP contribution is -2.57. The molecule has 0 radical (unpaired) electrons. The summed E-state index contributed by atoms with van der Waals surface area (Å²) in [6, 6.07) is 53.9. The van der Waals surface area contributed by atoms with Gasteiger partial charge in [0.25, 0.3) is 6.71 Å². The molecule has 0 unspecified atom stereocenters. The molecule has 2 nitrogen and oxygen atoms in total. The molecule has 222 valence electrons. The van der Waals surface area contributed by atoms with Crippen molar-refractivity contribution in [2.75, 3.05) is 0 Å². The van der Waals surface area contributed by atoms with E-state index in [4.69, 9.17) is 9.47 Å². The van der Waals surface area contributed by atoms with Gasteiger partial charge in [-0.05, 0) is 87.5 Å². The number of ether oxygens (including phenoxy) is 2. The molecule has 7 aromatic rings. The first kappa shape index (κ1) is 27.5. The van der Waals surface area contributed by atoms with Gasteiger partial charge < -0.3 is 9.47 Å². The van der Waals surface area contributed by atoms with E-state index in [1.807, 2.05) is 0 Å². The minimum atomic E-state index is -0.0911. The molecule has 0 bridgehead atoms. The van der Waals surface area contributed by atoms with Crippen molar-refractivity contribution in [3.05, 3.63) is 163 Å². The molecule has 0 spiro atoms. The van der Waals surface area contributed by atoms with Gasteiger partial charge in [0, 0.05) is 16.6 Å². The van der Waals surface area contributed by atoms with Crippen LogP contribution in [0.25, 0.3) is 44.5 Å². The van der Waals surface area contributed by atoms with E-state index in [9.17, 15) is 0 Å². The van der Waals surface area contributed by atoms with Gasteiger partial charge in [-0.25, -0.2) is 0 Å². The maximum atomic E-state index is 7.02. The van der Waals surface area contributed by atoms with E-state index in [1.165, 1.54) is 33.4 Å². The molecule has 3 heteroatoms. The van der Waals surface area contributed by atoms with Crippen molar-refractivity contribution in [1.29, 1.82) is 0 Å². The molecule has 7 aromatic carbocycles. The average molecular weight is 603 g/mol. The van der Waals surface area contributed by atoms with Crippen molar-refractivity contribution < 1.29 is 9.47 Å². The van der Waals surface area contributed by atoms with Crippen LogP contribution in [-0.4, -0.2) is 6.71 Å². The first-order chi connectivity index (χ1) is 23.1. The number of aryl methyl sites for hydroxylation is 2. The Morgan fingerprint density at radius 3 is 1.53 bits per heavy atom. The van der Waals surface area contributed by atoms with Crippen LogP contribution >= 0.6 is 0 Å². The summed E-state index contributed by atoms with van der Waals surface area (Å²) >= 11 is 0. The topological polar surface area (TPSA) is 18.5 Å². The van der Waals surface area contributed by atoms with Gasteiger partial charge in [0.15, 0.2) is 0 Å². The second-order valence-electron chi connectivity index (χ2n) is 12.5. The molecular formula is C44H31BO2. The fraction of sp³-hybridized carbons (Fsp3) is 0.0455. The highest BCUT2D eigenvalue weighted by atomic mass is 16.5. The fourth-order valence-electron chi connectivity index (χ4n) is 7.37. The van der Waals surface area contributed by atoms with Crippen LogP contribution in [0.5, 0.6) is 23.0 Å². The lowest BCUT2D eigenvalue weighted by Gasteiger charge is -2.36. The first-order valence-corrected chi connectivity index (χ1v) is 16.2. The Labute approximate surface area is 276 Å². The Morgan fingerprint density at radius 2 is 0.894 bits per heavy atom. The lowest BCUT2D eigenvalue weighted by molar-refractivity contribution is 0.467. The van der Waals surface area contributed by atoms with Crippen LogP contribution in [0.3, 0.4) is 0 Å². The van der Waals surface area contributed by atoms with Crippen LogP contribution in [0.1, 0.15) is 11.1 Å². The lowest BCUT2D eigenvalue weighted by atomic mass is 9.34. The Bertz CT molecular complexity index is 2330. The van der Waals surface area contributed by atoms with Crippen LogP contribution in [0.4, 0.5) is 0 Å². The summed E-state index contributed by atoms with van der Waals surface area (Å²) in [5.41, 5.74) is 15.0. The maximum absolute atomic E-state index is 7.02. The zero-order chi connectivity index (χ0) is 31.5. The van der Waals surface area contributed by atoms with Gasteiger partial charge >= 0.3 is 0 Å². The van der Waals surface area contributed by atoms with E-state index in [1.54, 1.807) is 0 Å². The predicted octanol–water partition coefficient (Wildman–Crippen LogP) is 9.70. The molecule has 47 heavy (non-hydrogen) atoms. The predicted molar refractivity (Wildman–Crippen MR) is 195 cm³/mol. The Morgan fingerprint density at radius 1 is 0.383 bits per heavy atom. The van der Waals surface area contributed by atoms with Gasteiger partial charge in [0.05, 0.1) is 0 Å². The van der Waals surface area contributed by atoms with Crippen LogP contribution in [-0.2, 0) is 0 Å². The van der Waals surface area contributed by atoms with E-state index in [-0.39, 0.29) is 6.71 Å². The largest absolute Gasteiger partial charge is 0.458 e. The number of hydrogen-bond acceptors (Lipinski definition) is 2. The minimum Gasteiger partial charge on any atom is -0.458 e. The summed E-state index contributed by atoms with van der Waals surface area (Å²) in [6.45, 7) is 4.26. The molecule has 0 fully saturated rings. The summed E-state index contributed by atoms with van der Waals surface area (Å²) in [6.07, 6.45) is 0. The molecule has 0 atom stereocenters. The van der Waals surface area contributed by atoms with E-state index in [0.717, 1.165) is 61.6 Å². The zero-order valence-electron chi connectivity index (χ0n) is 26.3. The quantitative estimate of drug-likeness (QED) is 0.187. The van der Waals surface area contributed by atoms with Crippen LogP contribution in [0, 0.1) is 13.8 Å². The maximum Gasteiger partial charge on any atom is 0.260 e. The Balaban J connectivity index is 1.37. The van der Waals surface area contributed by atoms with Gasteiger partial charge in [-0.3, -0.25) is 0 Å². The normalized spacial score (nSPS) is 12.3.